The molecule has 8 heteroatoms. The van der Waals surface area contributed by atoms with Crippen LogP contribution in [0.4, 0.5) is 5.69 Å². The van der Waals surface area contributed by atoms with E-state index in [9.17, 15) is 14.4 Å². The highest BCUT2D eigenvalue weighted by molar-refractivity contribution is 6.11. The van der Waals surface area contributed by atoms with Crippen molar-refractivity contribution < 1.29 is 19.1 Å². The summed E-state index contributed by atoms with van der Waals surface area (Å²) < 4.78 is 5.66. The van der Waals surface area contributed by atoms with Gasteiger partial charge in [-0.05, 0) is 72.0 Å². The summed E-state index contributed by atoms with van der Waals surface area (Å²) in [5, 5.41) is 13.4. The molecule has 4 aromatic carbocycles. The number of rotatable bonds is 10. The Morgan fingerprint density at radius 3 is 2.05 bits per heavy atom. The minimum absolute atomic E-state index is 0.0539. The zero-order valence-corrected chi connectivity index (χ0v) is 23.8. The molecule has 0 saturated carbocycles. The molecule has 0 bridgehead atoms. The number of carbonyl (C=O) groups excluding carboxylic acids is 3. The second-order valence-electron chi connectivity index (χ2n) is 10.3. The third kappa shape index (κ3) is 7.28. The van der Waals surface area contributed by atoms with Crippen molar-refractivity contribution in [3.05, 3.63) is 125 Å². The van der Waals surface area contributed by atoms with Crippen molar-refractivity contribution in [2.24, 2.45) is 11.7 Å². The lowest BCUT2D eigenvalue weighted by atomic mass is 9.93. The first kappa shape index (κ1) is 29.7. The highest BCUT2D eigenvalue weighted by Crippen LogP contribution is 2.30. The van der Waals surface area contributed by atoms with E-state index in [2.05, 4.69) is 10.6 Å². The molecule has 42 heavy (non-hydrogen) atoms. The van der Waals surface area contributed by atoms with Crippen LogP contribution in [0.25, 0.3) is 11.1 Å². The summed E-state index contributed by atoms with van der Waals surface area (Å²) in [6, 6.07) is 27.6. The summed E-state index contributed by atoms with van der Waals surface area (Å²) in [5.74, 6) is -1.15. The highest BCUT2D eigenvalue weighted by Gasteiger charge is 2.22. The van der Waals surface area contributed by atoms with E-state index in [1.54, 1.807) is 60.7 Å². The zero-order chi connectivity index (χ0) is 30.2. The smallest absolute Gasteiger partial charge is 0.339 e. The van der Waals surface area contributed by atoms with Gasteiger partial charge in [-0.25, -0.2) is 4.79 Å². The van der Waals surface area contributed by atoms with Gasteiger partial charge in [0, 0.05) is 28.4 Å². The molecule has 4 aromatic rings. The van der Waals surface area contributed by atoms with E-state index in [0.717, 1.165) is 5.56 Å². The van der Waals surface area contributed by atoms with Crippen molar-refractivity contribution in [2.75, 3.05) is 5.32 Å². The molecule has 8 nitrogen and oxygen atoms in total. The molecule has 214 valence electrons. The lowest BCUT2D eigenvalue weighted by Gasteiger charge is -2.19. The lowest BCUT2D eigenvalue weighted by Crippen LogP contribution is -2.36. The lowest BCUT2D eigenvalue weighted by molar-refractivity contribution is 0.0473. The van der Waals surface area contributed by atoms with Gasteiger partial charge in [0.15, 0.2) is 0 Å². The minimum Gasteiger partial charge on any atom is -0.457 e. The van der Waals surface area contributed by atoms with E-state index in [0.29, 0.717) is 33.5 Å². The molecular weight excluding hydrogens is 528 g/mol. The van der Waals surface area contributed by atoms with E-state index in [4.69, 9.17) is 15.9 Å². The van der Waals surface area contributed by atoms with Gasteiger partial charge in [-0.15, -0.1) is 0 Å². The van der Waals surface area contributed by atoms with Crippen LogP contribution in [0.1, 0.15) is 63.0 Å². The van der Waals surface area contributed by atoms with E-state index in [-0.39, 0.29) is 35.9 Å². The summed E-state index contributed by atoms with van der Waals surface area (Å²) >= 11 is 0. The van der Waals surface area contributed by atoms with Gasteiger partial charge in [-0.1, -0.05) is 68.4 Å². The molecule has 4 rings (SSSR count). The first-order valence-electron chi connectivity index (χ1n) is 13.6. The molecule has 0 aliphatic rings. The van der Waals surface area contributed by atoms with Gasteiger partial charge in [0.05, 0.1) is 5.56 Å². The number of nitrogen functional groups attached to an aromatic ring is 1. The number of carbonyl (C=O) groups is 3. The van der Waals surface area contributed by atoms with Gasteiger partial charge >= 0.3 is 5.97 Å². The zero-order valence-electron chi connectivity index (χ0n) is 23.8. The predicted molar refractivity (Wildman–Crippen MR) is 165 cm³/mol. The molecule has 0 radical (unpaired) electrons. The monoisotopic (exact) mass is 562 g/mol. The summed E-state index contributed by atoms with van der Waals surface area (Å²) in [7, 11) is 0. The van der Waals surface area contributed by atoms with Gasteiger partial charge in [0.25, 0.3) is 11.8 Å². The molecule has 5 N–H and O–H groups in total. The Morgan fingerprint density at radius 2 is 1.38 bits per heavy atom. The second-order valence-corrected chi connectivity index (χ2v) is 10.3. The fourth-order valence-corrected chi connectivity index (χ4v) is 4.19. The maximum absolute atomic E-state index is 13.5. The van der Waals surface area contributed by atoms with Crippen LogP contribution < -0.4 is 16.4 Å². The number of hydrogen-bond donors (Lipinski definition) is 4. The fourth-order valence-electron chi connectivity index (χ4n) is 4.19. The Morgan fingerprint density at radius 1 is 0.762 bits per heavy atom. The maximum Gasteiger partial charge on any atom is 0.339 e. The average molecular weight is 563 g/mol. The van der Waals surface area contributed by atoms with Crippen LogP contribution in [-0.2, 0) is 11.3 Å². The van der Waals surface area contributed by atoms with Gasteiger partial charge < -0.3 is 21.1 Å². The molecule has 2 amide bonds. The topological polar surface area (TPSA) is 134 Å². The first-order chi connectivity index (χ1) is 20.1. The largest absolute Gasteiger partial charge is 0.457 e. The van der Waals surface area contributed by atoms with Gasteiger partial charge in [-0.2, -0.15) is 0 Å². The Bertz CT molecular complexity index is 1600. The standard InChI is InChI=1S/C34H34N4O4/c1-21(2)22(3)37-32(39)25-15-18-28(30(19-25)34(41)42-20-23-9-5-4-6-10-23)27-11-7-8-12-29(27)33(40)38-26-16-13-24(14-17-26)31(35)36/h4-19,21-22H,20H2,1-3H3,(H3,35,36)(H,37,39)(H,38,40). The molecule has 0 aliphatic heterocycles. The van der Waals surface area contributed by atoms with Crippen LogP contribution >= 0.6 is 0 Å². The Hall–Kier alpha value is -5.24. The number of amides is 2. The number of esters is 1. The number of hydrogen-bond acceptors (Lipinski definition) is 5. The van der Waals surface area contributed by atoms with Crippen LogP contribution in [-0.4, -0.2) is 29.7 Å². The van der Waals surface area contributed by atoms with E-state index in [1.807, 2.05) is 51.1 Å². The molecule has 0 aliphatic carbocycles. The van der Waals surface area contributed by atoms with Crippen molar-refractivity contribution in [1.82, 2.24) is 5.32 Å². The van der Waals surface area contributed by atoms with Crippen molar-refractivity contribution in [2.45, 2.75) is 33.4 Å². The number of nitrogens with two attached hydrogens (primary N) is 1. The molecule has 1 unspecified atom stereocenters. The number of ether oxygens (including phenoxy) is 1. The van der Waals surface area contributed by atoms with Gasteiger partial charge in [0.1, 0.15) is 12.4 Å². The number of anilines is 1. The summed E-state index contributed by atoms with van der Waals surface area (Å²) in [6.45, 7) is 6.01. The summed E-state index contributed by atoms with van der Waals surface area (Å²) in [5.41, 5.74) is 9.19. The Kier molecular flexibility index (Phi) is 9.50. The third-order valence-electron chi connectivity index (χ3n) is 6.99. The van der Waals surface area contributed by atoms with Crippen LogP contribution in [0.5, 0.6) is 0 Å². The van der Waals surface area contributed by atoms with E-state index in [1.165, 1.54) is 6.07 Å². The molecule has 0 spiro atoms. The number of nitrogens with one attached hydrogen (secondary N) is 3. The summed E-state index contributed by atoms with van der Waals surface area (Å²) in [6.07, 6.45) is 0. The van der Waals surface area contributed by atoms with Crippen LogP contribution in [0, 0.1) is 11.3 Å². The first-order valence-corrected chi connectivity index (χ1v) is 13.6. The quantitative estimate of drug-likeness (QED) is 0.106. The molecule has 0 heterocycles. The van der Waals surface area contributed by atoms with Crippen LogP contribution in [0.3, 0.4) is 0 Å². The molecular formula is C34H34N4O4. The minimum atomic E-state index is -0.615. The van der Waals surface area contributed by atoms with Gasteiger partial charge in [-0.3, -0.25) is 15.0 Å². The maximum atomic E-state index is 13.5. The third-order valence-corrected chi connectivity index (χ3v) is 6.99. The van der Waals surface area contributed by atoms with Crippen LogP contribution in [0.2, 0.25) is 0 Å². The van der Waals surface area contributed by atoms with E-state index >= 15 is 0 Å². The van der Waals surface area contributed by atoms with Crippen molar-refractivity contribution in [3.8, 4) is 11.1 Å². The Labute approximate surface area is 245 Å². The van der Waals surface area contributed by atoms with Crippen LogP contribution in [0.15, 0.2) is 97.1 Å². The van der Waals surface area contributed by atoms with Gasteiger partial charge in [0.2, 0.25) is 0 Å². The number of amidine groups is 1. The van der Waals surface area contributed by atoms with Crippen molar-refractivity contribution in [3.63, 3.8) is 0 Å². The molecule has 0 saturated heterocycles. The normalized spacial score (nSPS) is 11.4. The van der Waals surface area contributed by atoms with Crippen molar-refractivity contribution >= 4 is 29.3 Å². The molecule has 0 fully saturated rings. The second kappa shape index (κ2) is 13.4. The highest BCUT2D eigenvalue weighted by atomic mass is 16.5. The molecule has 1 atom stereocenters. The Balaban J connectivity index is 1.70. The fraction of sp³-hybridized carbons (Fsp3) is 0.176. The number of benzene rings is 4. The molecule has 0 aromatic heterocycles. The average Bonchev–Trinajstić information content (AvgIpc) is 3.00. The van der Waals surface area contributed by atoms with E-state index < -0.39 is 11.9 Å². The SMILES string of the molecule is CC(C)C(C)NC(=O)c1ccc(-c2ccccc2C(=O)Nc2ccc(C(=N)N)cc2)c(C(=O)OCc2ccccc2)c1. The predicted octanol–water partition coefficient (Wildman–Crippen LogP) is 6.02. The van der Waals surface area contributed by atoms with Crippen molar-refractivity contribution in [1.29, 1.82) is 5.41 Å². The summed E-state index contributed by atoms with van der Waals surface area (Å²) in [4.78, 5) is 40.0.